The minimum absolute atomic E-state index is 0.750. The summed E-state index contributed by atoms with van der Waals surface area (Å²) >= 11 is 0. The van der Waals surface area contributed by atoms with E-state index in [9.17, 15) is 40.5 Å². The van der Waals surface area contributed by atoms with E-state index < -0.39 is 79.6 Å². The van der Waals surface area contributed by atoms with Crippen LogP contribution in [-0.4, -0.2) is 115 Å². The minimum atomic E-state index is -2.24. The van der Waals surface area contributed by atoms with Gasteiger partial charge in [-0.2, -0.15) is 9.78 Å². The summed E-state index contributed by atoms with van der Waals surface area (Å²) in [5.41, 5.74) is 0. The molecule has 14 heteroatoms. The molecule has 0 aromatic heterocycles. The lowest BCUT2D eigenvalue weighted by Crippen LogP contribution is -2.72. The van der Waals surface area contributed by atoms with Crippen LogP contribution in [-0.2, 0) is 33.8 Å². The molecule has 162 valence electrons. The van der Waals surface area contributed by atoms with Crippen molar-refractivity contribution in [1.29, 1.82) is 0 Å². The normalized spacial score (nSPS) is 48.7. The fourth-order valence-corrected chi connectivity index (χ4v) is 3.18. The van der Waals surface area contributed by atoms with E-state index in [0.717, 1.165) is 6.92 Å². The standard InChI is InChI=1S/C14H22O14/c1-3(16)14(26-28-27-14)11-7(19)5(17)9(21)13(25-11)24-10-4(2-15)23-12(22)8(20)6(10)18/h4-13,15,17-22H,2H2,1H3/t4-,5+,6-,7-,8-,9-,10-,11+,12+,13-/m1/s1. The first kappa shape index (κ1) is 21.8. The Labute approximate surface area is 157 Å². The van der Waals surface area contributed by atoms with Gasteiger partial charge in [0.2, 0.25) is 0 Å². The highest BCUT2D eigenvalue weighted by Gasteiger charge is 2.64. The van der Waals surface area contributed by atoms with E-state index in [1.54, 1.807) is 0 Å². The molecule has 0 aromatic carbocycles. The lowest BCUT2D eigenvalue weighted by molar-refractivity contribution is -0.728. The highest BCUT2D eigenvalue weighted by atomic mass is 17.6. The number of hydrogen-bond donors (Lipinski definition) is 7. The summed E-state index contributed by atoms with van der Waals surface area (Å²) in [6.45, 7) is 0.282. The largest absolute Gasteiger partial charge is 0.394 e. The first-order valence-electron chi connectivity index (χ1n) is 8.34. The lowest BCUT2D eigenvalue weighted by atomic mass is 9.91. The molecular formula is C14H22O14. The number of hydrogen-bond acceptors (Lipinski definition) is 14. The molecule has 3 heterocycles. The Morgan fingerprint density at radius 3 is 2.07 bits per heavy atom. The van der Waals surface area contributed by atoms with Crippen molar-refractivity contribution in [3.8, 4) is 0 Å². The first-order valence-corrected chi connectivity index (χ1v) is 8.34. The van der Waals surface area contributed by atoms with Crippen molar-refractivity contribution in [2.24, 2.45) is 0 Å². The third-order valence-corrected chi connectivity index (χ3v) is 4.88. The highest BCUT2D eigenvalue weighted by Crippen LogP contribution is 2.38. The molecule has 3 fully saturated rings. The van der Waals surface area contributed by atoms with Crippen molar-refractivity contribution >= 4 is 5.78 Å². The van der Waals surface area contributed by atoms with Gasteiger partial charge in [0.25, 0.3) is 0 Å². The summed E-state index contributed by atoms with van der Waals surface area (Å²) in [4.78, 5) is 21.1. The number of carbonyl (C=O) groups excluding carboxylic acids is 1. The van der Waals surface area contributed by atoms with E-state index >= 15 is 0 Å². The average Bonchev–Trinajstić information content (AvgIpc) is 2.62. The molecule has 0 unspecified atom stereocenters. The van der Waals surface area contributed by atoms with Crippen LogP contribution in [0.3, 0.4) is 0 Å². The molecule has 3 rings (SSSR count). The van der Waals surface area contributed by atoms with E-state index in [0.29, 0.717) is 0 Å². The van der Waals surface area contributed by atoms with E-state index in [-0.39, 0.29) is 0 Å². The predicted molar refractivity (Wildman–Crippen MR) is 78.2 cm³/mol. The molecule has 0 bridgehead atoms. The Morgan fingerprint density at radius 1 is 0.929 bits per heavy atom. The zero-order chi connectivity index (χ0) is 20.8. The third-order valence-electron chi connectivity index (χ3n) is 4.88. The number of aliphatic hydroxyl groups is 7. The van der Waals surface area contributed by atoms with Gasteiger partial charge < -0.3 is 50.0 Å². The van der Waals surface area contributed by atoms with E-state index in [4.69, 9.17) is 14.2 Å². The Hall–Kier alpha value is -0.850. The van der Waals surface area contributed by atoms with Gasteiger partial charge in [0.15, 0.2) is 24.5 Å². The quantitative estimate of drug-likeness (QED) is 0.209. The summed E-state index contributed by atoms with van der Waals surface area (Å²) in [7, 11) is 0. The van der Waals surface area contributed by atoms with Crippen molar-refractivity contribution in [3.63, 3.8) is 0 Å². The lowest BCUT2D eigenvalue weighted by Gasteiger charge is -2.49. The van der Waals surface area contributed by atoms with Gasteiger partial charge in [-0.25, -0.2) is 0 Å². The summed E-state index contributed by atoms with van der Waals surface area (Å²) in [6.07, 6.45) is -17.4. The van der Waals surface area contributed by atoms with Crippen LogP contribution in [0.15, 0.2) is 0 Å². The SMILES string of the molecule is CC(=O)C1([C@H]2O[C@@H](O[C@H]3[C@H](O)[C@@H](O)[C@@H](O)O[C@@H]3CO)[C@H](O)[C@@H](O)[C@H]2O)OOO1. The zero-order valence-electron chi connectivity index (χ0n) is 14.5. The molecule has 7 N–H and O–H groups in total. The molecule has 3 aliphatic heterocycles. The Balaban J connectivity index is 1.81. The summed E-state index contributed by atoms with van der Waals surface area (Å²) < 4.78 is 15.6. The topological polar surface area (TPSA) is 214 Å². The molecule has 0 radical (unpaired) electrons. The maximum atomic E-state index is 11.8. The molecule has 28 heavy (non-hydrogen) atoms. The molecule has 3 aliphatic rings. The van der Waals surface area contributed by atoms with Crippen molar-refractivity contribution in [2.45, 2.75) is 74.1 Å². The number of ketones is 1. The van der Waals surface area contributed by atoms with Crippen molar-refractivity contribution in [3.05, 3.63) is 0 Å². The van der Waals surface area contributed by atoms with Crippen LogP contribution < -0.4 is 0 Å². The van der Waals surface area contributed by atoms with E-state index in [1.165, 1.54) is 0 Å². The van der Waals surface area contributed by atoms with Crippen LogP contribution in [0.2, 0.25) is 0 Å². The van der Waals surface area contributed by atoms with Gasteiger partial charge >= 0.3 is 5.79 Å². The molecule has 0 aromatic rings. The van der Waals surface area contributed by atoms with Gasteiger partial charge in [0, 0.05) is 6.92 Å². The third kappa shape index (κ3) is 3.46. The maximum Gasteiger partial charge on any atom is 0.325 e. The Morgan fingerprint density at radius 2 is 1.57 bits per heavy atom. The maximum absolute atomic E-state index is 11.8. The second-order valence-electron chi connectivity index (χ2n) is 6.68. The fraction of sp³-hybridized carbons (Fsp3) is 0.929. The van der Waals surface area contributed by atoms with Gasteiger partial charge in [-0.15, -0.1) is 0 Å². The van der Waals surface area contributed by atoms with Crippen LogP contribution >= 0.6 is 0 Å². The van der Waals surface area contributed by atoms with Crippen molar-refractivity contribution < 1.29 is 69.6 Å². The summed E-state index contributed by atoms with van der Waals surface area (Å²) in [6, 6.07) is 0. The molecule has 0 spiro atoms. The molecule has 14 nitrogen and oxygen atoms in total. The molecule has 10 atom stereocenters. The van der Waals surface area contributed by atoms with Gasteiger partial charge in [0.1, 0.15) is 42.7 Å². The summed E-state index contributed by atoms with van der Waals surface area (Å²) in [5, 5.41) is 73.2. The minimum Gasteiger partial charge on any atom is -0.394 e. The van der Waals surface area contributed by atoms with Crippen molar-refractivity contribution in [1.82, 2.24) is 0 Å². The number of aliphatic hydroxyl groups excluding tert-OH is 7. The second-order valence-corrected chi connectivity index (χ2v) is 6.68. The van der Waals surface area contributed by atoms with Crippen molar-refractivity contribution in [2.75, 3.05) is 6.61 Å². The van der Waals surface area contributed by atoms with Gasteiger partial charge in [0.05, 0.1) is 6.61 Å². The van der Waals surface area contributed by atoms with E-state index in [2.05, 4.69) is 14.8 Å². The van der Waals surface area contributed by atoms with Crippen LogP contribution in [0.1, 0.15) is 6.92 Å². The van der Waals surface area contributed by atoms with Gasteiger partial charge in [-0.05, 0) is 0 Å². The average molecular weight is 414 g/mol. The van der Waals surface area contributed by atoms with Crippen LogP contribution in [0, 0.1) is 0 Å². The number of Topliss-reactive ketones (excluding diaryl/α,β-unsaturated/α-hetero) is 1. The smallest absolute Gasteiger partial charge is 0.325 e. The highest BCUT2D eigenvalue weighted by molar-refractivity contribution is 5.84. The summed E-state index contributed by atoms with van der Waals surface area (Å²) in [5.74, 6) is -3.03. The van der Waals surface area contributed by atoms with Crippen LogP contribution in [0.4, 0.5) is 0 Å². The van der Waals surface area contributed by atoms with Gasteiger partial charge in [-0.1, -0.05) is 5.04 Å². The molecule has 0 aliphatic carbocycles. The first-order chi connectivity index (χ1) is 13.1. The number of rotatable bonds is 5. The molecule has 0 amide bonds. The monoisotopic (exact) mass is 414 g/mol. The second kappa shape index (κ2) is 8.11. The molecule has 3 saturated heterocycles. The Bertz CT molecular complexity index is 566. The van der Waals surface area contributed by atoms with Crippen LogP contribution in [0.5, 0.6) is 0 Å². The molecular weight excluding hydrogens is 392 g/mol. The van der Waals surface area contributed by atoms with Crippen LogP contribution in [0.25, 0.3) is 0 Å². The number of ether oxygens (including phenoxy) is 3. The van der Waals surface area contributed by atoms with E-state index in [1.807, 2.05) is 0 Å². The molecule has 0 saturated carbocycles. The number of carbonyl (C=O) groups is 1. The predicted octanol–water partition coefficient (Wildman–Crippen LogP) is -5.21. The van der Waals surface area contributed by atoms with Gasteiger partial charge in [-0.3, -0.25) is 4.79 Å². The fourth-order valence-electron chi connectivity index (χ4n) is 3.18. The Kier molecular flexibility index (Phi) is 6.33. The zero-order valence-corrected chi connectivity index (χ0v) is 14.5.